The summed E-state index contributed by atoms with van der Waals surface area (Å²) >= 11 is 0. The minimum absolute atomic E-state index is 0.0329. The van der Waals surface area contributed by atoms with Crippen LogP contribution in [0.4, 0.5) is 0 Å². The summed E-state index contributed by atoms with van der Waals surface area (Å²) < 4.78 is 13.6. The molecule has 2 aliphatic heterocycles. The molecule has 0 aromatic rings. The summed E-state index contributed by atoms with van der Waals surface area (Å²) in [5.41, 5.74) is -0.839. The van der Waals surface area contributed by atoms with E-state index in [1.165, 1.54) is 12.0 Å². The molecule has 4 heteroatoms. The molecule has 6 aliphatic rings. The SMILES string of the molecule is CC(C)=CCC[C@@H](C)[C@H]1CC[C@]23C(=O)O[C@]4(CC[C@]12C)[C@]31O[C@H]1C[C@H]1C(C)(C)C(=O)CC[C@@]14C. The number of fused-ring (bicyclic) bond motifs is 1. The van der Waals surface area contributed by atoms with Gasteiger partial charge in [0.2, 0.25) is 0 Å². The second kappa shape index (κ2) is 6.58. The van der Waals surface area contributed by atoms with Gasteiger partial charge in [0, 0.05) is 17.3 Å². The predicted octanol–water partition coefficient (Wildman–Crippen LogP) is 6.41. The molecule has 6 rings (SSSR count). The zero-order valence-electron chi connectivity index (χ0n) is 22.4. The van der Waals surface area contributed by atoms with Gasteiger partial charge < -0.3 is 9.47 Å². The molecule has 0 aromatic carbocycles. The first kappa shape index (κ1) is 23.3. The second-order valence-electron chi connectivity index (χ2n) is 14.2. The lowest BCUT2D eigenvalue weighted by atomic mass is 9.37. The minimum atomic E-state index is -0.567. The average molecular weight is 469 g/mol. The number of hydrogen-bond donors (Lipinski definition) is 0. The fraction of sp³-hybridized carbons (Fsp3) is 0.867. The van der Waals surface area contributed by atoms with Crippen molar-refractivity contribution in [2.75, 3.05) is 0 Å². The van der Waals surface area contributed by atoms with Gasteiger partial charge >= 0.3 is 5.97 Å². The smallest absolute Gasteiger partial charge is 0.316 e. The lowest BCUT2D eigenvalue weighted by molar-refractivity contribution is -0.214. The van der Waals surface area contributed by atoms with E-state index in [1.54, 1.807) is 0 Å². The number of Topliss-reactive ketones (excluding diaryl/α,β-unsaturated/α-hetero) is 1. The third-order valence-corrected chi connectivity index (χ3v) is 12.7. The molecule has 6 fully saturated rings. The number of allylic oxidation sites excluding steroid dienone is 2. The lowest BCUT2D eigenvalue weighted by Gasteiger charge is -2.64. The third-order valence-electron chi connectivity index (χ3n) is 12.7. The molecule has 4 saturated carbocycles. The van der Waals surface area contributed by atoms with Gasteiger partial charge in [0.1, 0.15) is 11.2 Å². The number of rotatable bonds is 4. The van der Waals surface area contributed by atoms with Crippen molar-refractivity contribution in [2.45, 2.75) is 124 Å². The second-order valence-corrected chi connectivity index (χ2v) is 14.2. The maximum atomic E-state index is 14.2. The Bertz CT molecular complexity index is 992. The molecule has 34 heavy (non-hydrogen) atoms. The average Bonchev–Trinajstić information content (AvgIpc) is 3.35. The maximum absolute atomic E-state index is 14.2. The third kappa shape index (κ3) is 2.20. The Labute approximate surface area is 205 Å². The highest BCUT2D eigenvalue weighted by Gasteiger charge is 2.97. The highest BCUT2D eigenvalue weighted by molar-refractivity contribution is 5.89. The van der Waals surface area contributed by atoms with E-state index in [1.807, 2.05) is 0 Å². The van der Waals surface area contributed by atoms with Gasteiger partial charge in [0.25, 0.3) is 0 Å². The van der Waals surface area contributed by atoms with Crippen molar-refractivity contribution in [1.29, 1.82) is 0 Å². The molecule has 4 aliphatic carbocycles. The van der Waals surface area contributed by atoms with E-state index in [4.69, 9.17) is 9.47 Å². The van der Waals surface area contributed by atoms with E-state index in [0.29, 0.717) is 24.0 Å². The van der Waals surface area contributed by atoms with Crippen molar-refractivity contribution in [1.82, 2.24) is 0 Å². The molecule has 0 aromatic heterocycles. The van der Waals surface area contributed by atoms with Crippen LogP contribution in [0.25, 0.3) is 0 Å². The zero-order valence-corrected chi connectivity index (χ0v) is 22.4. The number of epoxide rings is 1. The monoisotopic (exact) mass is 468 g/mol. The van der Waals surface area contributed by atoms with Gasteiger partial charge in [-0.3, -0.25) is 9.59 Å². The van der Waals surface area contributed by atoms with Crippen LogP contribution in [-0.4, -0.2) is 29.1 Å². The molecule has 2 saturated heterocycles. The quantitative estimate of drug-likeness (QED) is 0.272. The van der Waals surface area contributed by atoms with Crippen molar-refractivity contribution in [3.05, 3.63) is 11.6 Å². The molecule has 2 heterocycles. The van der Waals surface area contributed by atoms with E-state index in [2.05, 4.69) is 54.5 Å². The van der Waals surface area contributed by atoms with Gasteiger partial charge in [-0.25, -0.2) is 0 Å². The number of esters is 1. The summed E-state index contributed by atoms with van der Waals surface area (Å²) in [5.74, 6) is 1.70. The molecular formula is C30H44O4. The molecule has 2 spiro atoms. The maximum Gasteiger partial charge on any atom is 0.316 e. The predicted molar refractivity (Wildman–Crippen MR) is 131 cm³/mol. The largest absolute Gasteiger partial charge is 0.455 e. The standard InChI is InChI=1S/C30H44O4/c1-18(2)9-8-10-19(3)20-11-14-28-24(32)34-29(16-15-26(20,28)6)27(7)13-12-22(31)25(4,5)21(27)17-23-30(28,29)33-23/h9,19-21,23H,8,10-17H2,1-7H3/t19-,20-,21+,23+,26-,27+,28+,29+,30-/m1/s1. The molecule has 0 radical (unpaired) electrons. The van der Waals surface area contributed by atoms with Crippen LogP contribution in [0.5, 0.6) is 0 Å². The summed E-state index contributed by atoms with van der Waals surface area (Å²) in [6.07, 6.45) is 10.9. The summed E-state index contributed by atoms with van der Waals surface area (Å²) in [4.78, 5) is 27.2. The lowest BCUT2D eigenvalue weighted by Crippen LogP contribution is -2.72. The normalized spacial score (nSPS) is 52.6. The molecule has 188 valence electrons. The van der Waals surface area contributed by atoms with Crippen molar-refractivity contribution in [2.24, 2.45) is 39.4 Å². The number of carbonyl (C=O) groups is 2. The van der Waals surface area contributed by atoms with Crippen LogP contribution >= 0.6 is 0 Å². The van der Waals surface area contributed by atoms with Crippen LogP contribution in [0.3, 0.4) is 0 Å². The first-order valence-electron chi connectivity index (χ1n) is 13.9. The fourth-order valence-electron chi connectivity index (χ4n) is 10.9. The number of hydrogen-bond acceptors (Lipinski definition) is 4. The first-order chi connectivity index (χ1) is 15.8. The topological polar surface area (TPSA) is 55.9 Å². The molecule has 4 nitrogen and oxygen atoms in total. The van der Waals surface area contributed by atoms with Gasteiger partial charge in [-0.15, -0.1) is 0 Å². The summed E-state index contributed by atoms with van der Waals surface area (Å²) in [7, 11) is 0. The van der Waals surface area contributed by atoms with Gasteiger partial charge in [0.05, 0.1) is 6.10 Å². The van der Waals surface area contributed by atoms with Crippen molar-refractivity contribution >= 4 is 11.8 Å². The Balaban J connectivity index is 1.41. The van der Waals surface area contributed by atoms with E-state index in [-0.39, 0.29) is 34.2 Å². The minimum Gasteiger partial charge on any atom is -0.455 e. The van der Waals surface area contributed by atoms with Crippen LogP contribution in [-0.2, 0) is 19.1 Å². The van der Waals surface area contributed by atoms with Gasteiger partial charge in [-0.1, -0.05) is 46.3 Å². The summed E-state index contributed by atoms with van der Waals surface area (Å²) in [6, 6.07) is 0. The first-order valence-corrected chi connectivity index (χ1v) is 13.9. The van der Waals surface area contributed by atoms with Crippen molar-refractivity contribution in [3.63, 3.8) is 0 Å². The van der Waals surface area contributed by atoms with Crippen molar-refractivity contribution in [3.8, 4) is 0 Å². The zero-order chi connectivity index (χ0) is 24.5. The Hall–Kier alpha value is -1.16. The van der Waals surface area contributed by atoms with Gasteiger partial charge in [0.15, 0.2) is 11.2 Å². The van der Waals surface area contributed by atoms with Crippen LogP contribution in [0.1, 0.15) is 106 Å². The Kier molecular flexibility index (Phi) is 4.50. The molecule has 0 amide bonds. The fourth-order valence-corrected chi connectivity index (χ4v) is 10.9. The van der Waals surface area contributed by atoms with Crippen LogP contribution in [0, 0.1) is 39.4 Å². The number of ether oxygens (including phenoxy) is 2. The van der Waals surface area contributed by atoms with E-state index in [9.17, 15) is 9.59 Å². The van der Waals surface area contributed by atoms with Crippen LogP contribution in [0.2, 0.25) is 0 Å². The van der Waals surface area contributed by atoms with E-state index < -0.39 is 16.6 Å². The highest BCUT2D eigenvalue weighted by atomic mass is 16.7. The van der Waals surface area contributed by atoms with Gasteiger partial charge in [-0.2, -0.15) is 0 Å². The molecule has 0 unspecified atom stereocenters. The number of carbonyl (C=O) groups excluding carboxylic acids is 2. The van der Waals surface area contributed by atoms with E-state index >= 15 is 0 Å². The van der Waals surface area contributed by atoms with Crippen LogP contribution in [0.15, 0.2) is 11.6 Å². The summed E-state index contributed by atoms with van der Waals surface area (Å²) in [5, 5.41) is 0. The van der Waals surface area contributed by atoms with Crippen molar-refractivity contribution < 1.29 is 19.1 Å². The molecule has 0 N–H and O–H groups in total. The Morgan fingerprint density at radius 2 is 1.79 bits per heavy atom. The highest BCUT2D eigenvalue weighted by Crippen LogP contribution is 2.86. The molecular weight excluding hydrogens is 424 g/mol. The Morgan fingerprint density at radius 1 is 1.06 bits per heavy atom. The Morgan fingerprint density at radius 3 is 2.50 bits per heavy atom. The van der Waals surface area contributed by atoms with E-state index in [0.717, 1.165) is 44.9 Å². The number of ketones is 1. The summed E-state index contributed by atoms with van der Waals surface area (Å²) in [6.45, 7) is 15.8. The molecule has 2 bridgehead atoms. The van der Waals surface area contributed by atoms with Gasteiger partial charge in [-0.05, 0) is 88.4 Å². The van der Waals surface area contributed by atoms with Crippen LogP contribution < -0.4 is 0 Å². The molecule has 9 atom stereocenters.